The molecule has 9 nitrogen and oxygen atoms in total. The van der Waals surface area contributed by atoms with Crippen molar-refractivity contribution >= 4 is 35.4 Å². The fraction of sp³-hybridized carbons (Fsp3) is 0.346. The highest BCUT2D eigenvalue weighted by molar-refractivity contribution is 6.30. The predicted octanol–water partition coefficient (Wildman–Crippen LogP) is 3.97. The summed E-state index contributed by atoms with van der Waals surface area (Å²) in [5.41, 5.74) is 4.59. The Bertz CT molecular complexity index is 1180. The number of ether oxygens (including phenoxy) is 3. The number of hydrogen-bond acceptors (Lipinski definition) is 9. The summed E-state index contributed by atoms with van der Waals surface area (Å²) in [6, 6.07) is 13.4. The average Bonchev–Trinajstić information content (AvgIpc) is 2.94. The van der Waals surface area contributed by atoms with Gasteiger partial charge in [0.2, 0.25) is 5.95 Å². The van der Waals surface area contributed by atoms with E-state index in [2.05, 4.69) is 20.3 Å². The Morgan fingerprint density at radius 1 is 0.946 bits per heavy atom. The van der Waals surface area contributed by atoms with Crippen molar-refractivity contribution in [1.29, 1.82) is 0 Å². The number of halogens is 2. The Morgan fingerprint density at radius 3 is 2.38 bits per heavy atom. The van der Waals surface area contributed by atoms with Crippen molar-refractivity contribution in [3.8, 4) is 5.75 Å². The molecule has 3 aromatic rings. The molecule has 2 aromatic carbocycles. The molecular weight excluding hydrogens is 499 g/mol. The van der Waals surface area contributed by atoms with Crippen LogP contribution in [0.3, 0.4) is 0 Å². The third-order valence-electron chi connectivity index (χ3n) is 5.99. The second-order valence-electron chi connectivity index (χ2n) is 8.58. The fourth-order valence-corrected chi connectivity index (χ4v) is 4.18. The van der Waals surface area contributed by atoms with Crippen LogP contribution in [0.2, 0.25) is 5.02 Å². The van der Waals surface area contributed by atoms with Gasteiger partial charge in [0.25, 0.3) is 0 Å². The molecule has 2 saturated heterocycles. The standard InChI is InChI=1S/C26H28ClFN6O3/c27-21-3-6-23(37-18-19-1-4-22(28)5-2-19)20(15-21)17-29-32-24-16-25(33-7-11-35-12-8-33)31-26(30-24)34-9-13-36-14-10-34/h1-6,15-17H,7-14,18H2,(H,30,31,32)/b29-17-. The molecule has 37 heavy (non-hydrogen) atoms. The van der Waals surface area contributed by atoms with Gasteiger partial charge in [-0.15, -0.1) is 0 Å². The average molecular weight is 527 g/mol. The number of rotatable bonds is 8. The van der Waals surface area contributed by atoms with Gasteiger partial charge in [0.1, 0.15) is 24.0 Å². The van der Waals surface area contributed by atoms with Crippen LogP contribution >= 0.6 is 11.6 Å². The maximum atomic E-state index is 13.2. The van der Waals surface area contributed by atoms with Crippen molar-refractivity contribution in [2.75, 3.05) is 67.8 Å². The first-order chi connectivity index (χ1) is 18.1. The molecule has 11 heteroatoms. The minimum Gasteiger partial charge on any atom is -0.488 e. The molecule has 2 aliphatic rings. The lowest BCUT2D eigenvalue weighted by atomic mass is 10.2. The summed E-state index contributed by atoms with van der Waals surface area (Å²) in [4.78, 5) is 13.8. The van der Waals surface area contributed by atoms with Crippen LogP contribution in [0.5, 0.6) is 5.75 Å². The van der Waals surface area contributed by atoms with Gasteiger partial charge >= 0.3 is 0 Å². The molecule has 194 valence electrons. The zero-order chi connectivity index (χ0) is 25.5. The summed E-state index contributed by atoms with van der Waals surface area (Å²) in [5.74, 6) is 2.35. The molecule has 1 aromatic heterocycles. The zero-order valence-electron chi connectivity index (χ0n) is 20.3. The molecule has 0 radical (unpaired) electrons. The SMILES string of the molecule is Fc1ccc(COc2ccc(Cl)cc2/C=N\Nc2cc(N3CCOCC3)nc(N3CCOCC3)n2)cc1. The van der Waals surface area contributed by atoms with E-state index in [1.807, 2.05) is 6.07 Å². The van der Waals surface area contributed by atoms with E-state index in [-0.39, 0.29) is 12.4 Å². The predicted molar refractivity (Wildman–Crippen MR) is 141 cm³/mol. The van der Waals surface area contributed by atoms with Crippen LogP contribution in [-0.4, -0.2) is 68.8 Å². The lowest BCUT2D eigenvalue weighted by Crippen LogP contribution is -2.39. The van der Waals surface area contributed by atoms with Gasteiger partial charge < -0.3 is 24.0 Å². The molecule has 0 bridgehead atoms. The summed E-state index contributed by atoms with van der Waals surface area (Å²) in [7, 11) is 0. The molecule has 0 amide bonds. The second kappa shape index (κ2) is 12.2. The first-order valence-corrected chi connectivity index (χ1v) is 12.5. The number of hydrazone groups is 1. The molecule has 0 atom stereocenters. The number of nitrogens with zero attached hydrogens (tertiary/aromatic N) is 5. The minimum absolute atomic E-state index is 0.285. The van der Waals surface area contributed by atoms with Crippen LogP contribution in [0.25, 0.3) is 0 Å². The number of hydrogen-bond donors (Lipinski definition) is 1. The van der Waals surface area contributed by atoms with E-state index in [0.29, 0.717) is 54.5 Å². The lowest BCUT2D eigenvalue weighted by Gasteiger charge is -2.31. The molecule has 2 fully saturated rings. The monoisotopic (exact) mass is 526 g/mol. The van der Waals surface area contributed by atoms with E-state index in [1.54, 1.807) is 36.5 Å². The minimum atomic E-state index is -0.285. The van der Waals surface area contributed by atoms with Crippen molar-refractivity contribution in [1.82, 2.24) is 9.97 Å². The van der Waals surface area contributed by atoms with Crippen LogP contribution in [-0.2, 0) is 16.1 Å². The zero-order valence-corrected chi connectivity index (χ0v) is 21.0. The highest BCUT2D eigenvalue weighted by Gasteiger charge is 2.19. The Morgan fingerprint density at radius 2 is 1.65 bits per heavy atom. The van der Waals surface area contributed by atoms with Gasteiger partial charge in [0.15, 0.2) is 5.82 Å². The maximum absolute atomic E-state index is 13.2. The normalized spacial score (nSPS) is 16.3. The smallest absolute Gasteiger partial charge is 0.229 e. The number of aromatic nitrogens is 2. The van der Waals surface area contributed by atoms with Gasteiger partial charge in [-0.25, -0.2) is 4.39 Å². The van der Waals surface area contributed by atoms with Crippen LogP contribution < -0.4 is 20.0 Å². The molecular formula is C26H28ClFN6O3. The van der Waals surface area contributed by atoms with E-state index in [0.717, 1.165) is 37.6 Å². The summed E-state index contributed by atoms with van der Waals surface area (Å²) >= 11 is 6.23. The van der Waals surface area contributed by atoms with Gasteiger partial charge in [-0.1, -0.05) is 23.7 Å². The highest BCUT2D eigenvalue weighted by Crippen LogP contribution is 2.24. The number of anilines is 3. The van der Waals surface area contributed by atoms with Crippen molar-refractivity contribution in [3.05, 3.63) is 70.5 Å². The summed E-state index contributed by atoms with van der Waals surface area (Å²) in [6.07, 6.45) is 1.64. The Labute approximate surface area is 219 Å². The van der Waals surface area contributed by atoms with Gasteiger partial charge in [-0.2, -0.15) is 15.1 Å². The molecule has 0 unspecified atom stereocenters. The third-order valence-corrected chi connectivity index (χ3v) is 6.23. The topological polar surface area (TPSA) is 84.3 Å². The largest absolute Gasteiger partial charge is 0.488 e. The van der Waals surface area contributed by atoms with Crippen LogP contribution in [0.1, 0.15) is 11.1 Å². The Kier molecular flexibility index (Phi) is 8.29. The lowest BCUT2D eigenvalue weighted by molar-refractivity contribution is 0.121. The van der Waals surface area contributed by atoms with Gasteiger partial charge in [-0.05, 0) is 35.9 Å². The molecule has 2 aliphatic heterocycles. The van der Waals surface area contributed by atoms with Crippen molar-refractivity contribution in [2.45, 2.75) is 6.61 Å². The number of morpholine rings is 2. The Balaban J connectivity index is 1.33. The van der Waals surface area contributed by atoms with E-state index >= 15 is 0 Å². The van der Waals surface area contributed by atoms with E-state index in [9.17, 15) is 4.39 Å². The Hall–Kier alpha value is -3.47. The molecule has 5 rings (SSSR count). The van der Waals surface area contributed by atoms with Crippen LogP contribution in [0.4, 0.5) is 22.0 Å². The summed E-state index contributed by atoms with van der Waals surface area (Å²) < 4.78 is 30.1. The van der Waals surface area contributed by atoms with Crippen LogP contribution in [0, 0.1) is 5.82 Å². The second-order valence-corrected chi connectivity index (χ2v) is 9.01. The summed E-state index contributed by atoms with van der Waals surface area (Å²) in [5, 5.41) is 4.97. The number of nitrogens with one attached hydrogen (secondary N) is 1. The third kappa shape index (κ3) is 6.85. The first kappa shape index (κ1) is 25.2. The molecule has 3 heterocycles. The van der Waals surface area contributed by atoms with Crippen molar-refractivity contribution in [2.24, 2.45) is 5.10 Å². The fourth-order valence-electron chi connectivity index (χ4n) is 4.00. The quantitative estimate of drug-likeness (QED) is 0.349. The number of benzene rings is 2. The van der Waals surface area contributed by atoms with Crippen LogP contribution in [0.15, 0.2) is 53.6 Å². The van der Waals surface area contributed by atoms with E-state index in [4.69, 9.17) is 35.8 Å². The summed E-state index contributed by atoms with van der Waals surface area (Å²) in [6.45, 7) is 5.87. The first-order valence-electron chi connectivity index (χ1n) is 12.1. The van der Waals surface area contributed by atoms with Gasteiger partial charge in [-0.3, -0.25) is 5.43 Å². The molecule has 0 aliphatic carbocycles. The molecule has 1 N–H and O–H groups in total. The van der Waals surface area contributed by atoms with Crippen molar-refractivity contribution in [3.63, 3.8) is 0 Å². The van der Waals surface area contributed by atoms with Gasteiger partial charge in [0, 0.05) is 42.8 Å². The molecule has 0 saturated carbocycles. The van der Waals surface area contributed by atoms with E-state index in [1.165, 1.54) is 12.1 Å². The molecule has 0 spiro atoms. The van der Waals surface area contributed by atoms with E-state index < -0.39 is 0 Å². The highest BCUT2D eigenvalue weighted by atomic mass is 35.5. The van der Waals surface area contributed by atoms with Gasteiger partial charge in [0.05, 0.1) is 32.6 Å². The maximum Gasteiger partial charge on any atom is 0.229 e. The van der Waals surface area contributed by atoms with Crippen molar-refractivity contribution < 1.29 is 18.6 Å².